The van der Waals surface area contributed by atoms with Crippen molar-refractivity contribution >= 4 is 41.2 Å². The van der Waals surface area contributed by atoms with E-state index < -0.39 is 14.1 Å². The second-order valence-corrected chi connectivity index (χ2v) is 25.8. The minimum atomic E-state index is -1.48. The van der Waals surface area contributed by atoms with Crippen molar-refractivity contribution in [2.45, 2.75) is 135 Å². The summed E-state index contributed by atoms with van der Waals surface area (Å²) in [5.41, 5.74) is 27.6. The molecule has 0 nitrogen and oxygen atoms in total. The summed E-state index contributed by atoms with van der Waals surface area (Å²) in [6.45, 7) is 42.0. The molecule has 0 aliphatic carbocycles. The average molecular weight is 863 g/mol. The quantitative estimate of drug-likeness (QED) is 0.111. The Hall–Kier alpha value is -4.97. The summed E-state index contributed by atoms with van der Waals surface area (Å²) >= 11 is 0. The van der Waals surface area contributed by atoms with Gasteiger partial charge in [-0.05, 0) is 165 Å². The topological polar surface area (TPSA) is 0 Å². The molecule has 7 aromatic carbocycles. The van der Waals surface area contributed by atoms with Crippen LogP contribution < -0.4 is 27.2 Å². The first-order valence-corrected chi connectivity index (χ1v) is 25.1. The molecule has 0 atom stereocenters. The maximum atomic E-state index is 2.45. The van der Waals surface area contributed by atoms with Crippen LogP contribution in [-0.4, -0.2) is 16.5 Å². The van der Waals surface area contributed by atoms with Gasteiger partial charge in [-0.2, -0.15) is 21.9 Å². The predicted molar refractivity (Wildman–Crippen MR) is 292 cm³/mol. The molecule has 0 N–H and O–H groups in total. The number of hydrogen-bond donors (Lipinski definition) is 0. The fourth-order valence-corrected chi connectivity index (χ4v) is 17.3. The van der Waals surface area contributed by atoms with Gasteiger partial charge in [0.15, 0.2) is 0 Å². The van der Waals surface area contributed by atoms with E-state index in [4.69, 9.17) is 0 Å². The van der Waals surface area contributed by atoms with E-state index in [0.717, 1.165) is 0 Å². The molecule has 0 aliphatic heterocycles. The molecule has 0 fully saturated rings. The number of rotatable bonds is 7. The molecule has 0 bridgehead atoms. The molecule has 7 rings (SSSR count). The summed E-state index contributed by atoms with van der Waals surface area (Å²) in [4.78, 5) is 0. The third-order valence-electron chi connectivity index (χ3n) is 13.6. The molecule has 0 heterocycles. The van der Waals surface area contributed by atoms with Crippen molar-refractivity contribution in [1.82, 2.24) is 0 Å². The lowest BCUT2D eigenvalue weighted by molar-refractivity contribution is 0.715. The van der Waals surface area contributed by atoms with Crippen molar-refractivity contribution in [3.8, 4) is 22.3 Å². The van der Waals surface area contributed by atoms with Crippen LogP contribution in [0.25, 0.3) is 22.3 Å². The highest BCUT2D eigenvalue weighted by atomic mass is 31.1. The summed E-state index contributed by atoms with van der Waals surface area (Å²) in [6.07, 6.45) is -1.48. The molecular formula is C62H76BP. The van der Waals surface area contributed by atoms with Gasteiger partial charge in [0.05, 0.1) is 15.6 Å². The van der Waals surface area contributed by atoms with Gasteiger partial charge in [-0.1, -0.05) is 176 Å². The standard InChI is InChI=1S/C36H44B.C26H31P/c1-21-13-25(5)33(26(6)14-21)37(34-27(7)15-22(2)16-28(34)8,35-29(9)17-23(3)18-30(35)10)36-31(11)19-24(4)20-32(36)12;1-25(2,3)27(26(4,5)6)24-18-22(20-13-9-7-10-14-20)17-23(19-24)21-15-11-8-12-16-21/h13-20H,1-12H3;7-19H,1-6H3/q-1;/p+1. The van der Waals surface area contributed by atoms with Crippen molar-refractivity contribution < 1.29 is 0 Å². The molecule has 7 aromatic rings. The van der Waals surface area contributed by atoms with Gasteiger partial charge in [-0.15, -0.1) is 0 Å². The van der Waals surface area contributed by atoms with E-state index in [1.165, 1.54) is 116 Å². The molecule has 0 saturated carbocycles. The minimum Gasteiger partial charge on any atom is -0.189 e. The van der Waals surface area contributed by atoms with E-state index in [2.05, 4.69) is 252 Å². The molecule has 332 valence electrons. The van der Waals surface area contributed by atoms with Crippen LogP contribution in [0.15, 0.2) is 127 Å². The highest BCUT2D eigenvalue weighted by Crippen LogP contribution is 2.58. The van der Waals surface area contributed by atoms with E-state index in [0.29, 0.717) is 0 Å². The van der Waals surface area contributed by atoms with E-state index in [9.17, 15) is 0 Å². The number of aryl methyl sites for hydroxylation is 12. The monoisotopic (exact) mass is 863 g/mol. The summed E-state index contributed by atoms with van der Waals surface area (Å²) in [7, 11) is -0.811. The molecule has 0 aliphatic rings. The molecule has 0 amide bonds. The molecule has 2 heteroatoms. The van der Waals surface area contributed by atoms with E-state index >= 15 is 0 Å². The molecule has 0 aromatic heterocycles. The Morgan fingerprint density at radius 3 is 0.750 bits per heavy atom. The summed E-state index contributed by atoms with van der Waals surface area (Å²) in [5.74, 6) is 0. The SMILES string of the molecule is CC(C)(C)[PH+](c1cc(-c2ccccc2)cc(-c2ccccc2)c1)C(C)(C)C.Cc1cc(C)c([B-](c2c(C)cc(C)cc2C)(c2c(C)cc(C)cc2C)c2c(C)cc(C)cc2C)c(C)c1. The first-order valence-electron chi connectivity index (χ1n) is 23.6. The Bertz CT molecular complexity index is 2390. The Balaban J connectivity index is 0.000000223. The zero-order valence-electron chi connectivity index (χ0n) is 42.7. The van der Waals surface area contributed by atoms with Crippen molar-refractivity contribution in [3.05, 3.63) is 194 Å². The zero-order valence-corrected chi connectivity index (χ0v) is 43.7. The molecule has 0 unspecified atom stereocenters. The van der Waals surface area contributed by atoms with Crippen LogP contribution in [0, 0.1) is 83.1 Å². The first kappa shape index (κ1) is 48.5. The third kappa shape index (κ3) is 9.82. The maximum Gasteiger partial charge on any atom is 0.110 e. The minimum absolute atomic E-state index is 0.284. The number of hydrogen-bond acceptors (Lipinski definition) is 0. The number of benzene rings is 7. The Morgan fingerprint density at radius 2 is 0.531 bits per heavy atom. The molecule has 0 saturated heterocycles. The van der Waals surface area contributed by atoms with Crippen LogP contribution >= 0.6 is 7.92 Å². The van der Waals surface area contributed by atoms with E-state index in [-0.39, 0.29) is 10.3 Å². The van der Waals surface area contributed by atoms with Crippen LogP contribution in [0.2, 0.25) is 0 Å². The predicted octanol–water partition coefficient (Wildman–Crippen LogP) is 14.2. The molecule has 64 heavy (non-hydrogen) atoms. The van der Waals surface area contributed by atoms with Gasteiger partial charge >= 0.3 is 0 Å². The van der Waals surface area contributed by atoms with Crippen molar-refractivity contribution in [3.63, 3.8) is 0 Å². The third-order valence-corrected chi connectivity index (χ3v) is 17.5. The Kier molecular flexibility index (Phi) is 14.3. The lowest BCUT2D eigenvalue weighted by atomic mass is 9.10. The largest absolute Gasteiger partial charge is 0.189 e. The van der Waals surface area contributed by atoms with E-state index in [1.54, 1.807) is 0 Å². The highest BCUT2D eigenvalue weighted by Gasteiger charge is 2.44. The van der Waals surface area contributed by atoms with Crippen LogP contribution in [0.4, 0.5) is 0 Å². The lowest BCUT2D eigenvalue weighted by Gasteiger charge is -2.51. The summed E-state index contributed by atoms with van der Waals surface area (Å²) in [5, 5.41) is 2.10. The van der Waals surface area contributed by atoms with Gasteiger partial charge < -0.3 is 0 Å². The fourth-order valence-electron chi connectivity index (χ4n) is 12.7. The van der Waals surface area contributed by atoms with Gasteiger partial charge in [0.2, 0.25) is 0 Å². The van der Waals surface area contributed by atoms with Crippen molar-refractivity contribution in [2.24, 2.45) is 0 Å². The lowest BCUT2D eigenvalue weighted by Crippen LogP contribution is -2.78. The van der Waals surface area contributed by atoms with Gasteiger partial charge in [0.25, 0.3) is 0 Å². The van der Waals surface area contributed by atoms with Crippen LogP contribution in [0.5, 0.6) is 0 Å². The average Bonchev–Trinajstić information content (AvgIpc) is 3.16. The van der Waals surface area contributed by atoms with Gasteiger partial charge in [0, 0.05) is 7.92 Å². The molecular weight excluding hydrogens is 786 g/mol. The van der Waals surface area contributed by atoms with Crippen LogP contribution in [-0.2, 0) is 0 Å². The van der Waals surface area contributed by atoms with Crippen LogP contribution in [0.1, 0.15) is 108 Å². The van der Waals surface area contributed by atoms with Crippen molar-refractivity contribution in [1.29, 1.82) is 0 Å². The first-order chi connectivity index (χ1) is 29.9. The van der Waals surface area contributed by atoms with Gasteiger partial charge in [-0.3, -0.25) is 0 Å². The second-order valence-electron chi connectivity index (χ2n) is 21.5. The zero-order chi connectivity index (χ0) is 47.1. The van der Waals surface area contributed by atoms with Gasteiger partial charge in [0.1, 0.15) is 6.15 Å². The van der Waals surface area contributed by atoms with Gasteiger partial charge in [-0.25, -0.2) is 0 Å². The maximum absolute atomic E-state index is 2.45. The second kappa shape index (κ2) is 18.9. The van der Waals surface area contributed by atoms with Crippen molar-refractivity contribution in [2.75, 3.05) is 0 Å². The molecule has 0 radical (unpaired) electrons. The highest BCUT2D eigenvalue weighted by molar-refractivity contribution is 7.68. The summed E-state index contributed by atoms with van der Waals surface area (Å²) < 4.78 is 0. The Morgan fingerprint density at radius 1 is 0.297 bits per heavy atom. The van der Waals surface area contributed by atoms with E-state index in [1.807, 2.05) is 0 Å². The summed E-state index contributed by atoms with van der Waals surface area (Å²) in [6, 6.07) is 48.0. The fraction of sp³-hybridized carbons (Fsp3) is 0.323. The molecule has 0 spiro atoms. The smallest absolute Gasteiger partial charge is 0.110 e. The van der Waals surface area contributed by atoms with Crippen LogP contribution in [0.3, 0.4) is 0 Å². The Labute approximate surface area is 390 Å². The normalized spacial score (nSPS) is 12.0.